The highest BCUT2D eigenvalue weighted by molar-refractivity contribution is 5.64. The van der Waals surface area contributed by atoms with Gasteiger partial charge in [0.1, 0.15) is 24.1 Å². The van der Waals surface area contributed by atoms with Crippen molar-refractivity contribution in [1.29, 1.82) is 0 Å². The summed E-state index contributed by atoms with van der Waals surface area (Å²) in [5.41, 5.74) is 2.68. The largest absolute Gasteiger partial charge is 0.294 e. The fraction of sp³-hybridized carbons (Fsp3) is 0.143. The topological polar surface area (TPSA) is 9.23 Å². The fourth-order valence-corrected chi connectivity index (χ4v) is 2.29. The molecule has 0 aliphatic rings. The van der Waals surface area contributed by atoms with Crippen LogP contribution in [0.15, 0.2) is 54.6 Å². The molecule has 6 heteroatoms. The van der Waals surface area contributed by atoms with Gasteiger partial charge in [0.15, 0.2) is 5.75 Å². The molecule has 0 aliphatic heterocycles. The lowest BCUT2D eigenvalue weighted by molar-refractivity contribution is -0.00694. The maximum absolute atomic E-state index is 13.6. The van der Waals surface area contributed by atoms with Crippen molar-refractivity contribution in [2.75, 3.05) is 0 Å². The first kappa shape index (κ1) is 20.4. The Morgan fingerprint density at radius 3 is 1.85 bits per heavy atom. The molecule has 3 aromatic rings. The van der Waals surface area contributed by atoms with Crippen molar-refractivity contribution in [2.24, 2.45) is 0 Å². The molecule has 0 aliphatic carbocycles. The van der Waals surface area contributed by atoms with E-state index >= 15 is 0 Å². The van der Waals surface area contributed by atoms with Crippen LogP contribution in [0.1, 0.15) is 16.7 Å². The second kappa shape index (κ2) is 9.16. The molecule has 0 heterocycles. The molecule has 0 bridgehead atoms. The van der Waals surface area contributed by atoms with E-state index in [1.54, 1.807) is 30.3 Å². The second-order valence-corrected chi connectivity index (χ2v) is 5.90. The smallest absolute Gasteiger partial charge is 0.177 e. The van der Waals surface area contributed by atoms with E-state index < -0.39 is 24.1 Å². The normalized spacial score (nSPS) is 10.2. The van der Waals surface area contributed by atoms with Gasteiger partial charge in [-0.05, 0) is 36.6 Å². The van der Waals surface area contributed by atoms with Crippen LogP contribution in [-0.2, 0) is 6.67 Å². The quantitative estimate of drug-likeness (QED) is 0.454. The Balaban J connectivity index is 0.000000208. The van der Waals surface area contributed by atoms with Gasteiger partial charge in [0.2, 0.25) is 0 Å². The van der Waals surface area contributed by atoms with Crippen molar-refractivity contribution >= 4 is 0 Å². The van der Waals surface area contributed by atoms with Gasteiger partial charge in [-0.3, -0.25) is 4.94 Å². The molecule has 1 nitrogen and oxygen atoms in total. The highest BCUT2D eigenvalue weighted by atomic mass is 19.3. The first-order valence-electron chi connectivity index (χ1n) is 8.01. The molecular weight excluding hydrogens is 363 g/mol. The summed E-state index contributed by atoms with van der Waals surface area (Å²) in [6.45, 7) is 2.61. The molecule has 0 N–H and O–H groups in total. The van der Waals surface area contributed by atoms with E-state index in [9.17, 15) is 22.1 Å². The minimum absolute atomic E-state index is 0.147. The molecular formula is C21H17F5O. The Bertz CT molecular complexity index is 884. The van der Waals surface area contributed by atoms with Crippen LogP contribution in [0, 0.1) is 31.3 Å². The minimum Gasteiger partial charge on any atom is -0.294 e. The van der Waals surface area contributed by atoms with Crippen molar-refractivity contribution in [2.45, 2.75) is 20.5 Å². The average Bonchev–Trinajstić information content (AvgIpc) is 2.66. The zero-order valence-electron chi connectivity index (χ0n) is 14.7. The van der Waals surface area contributed by atoms with E-state index in [-0.39, 0.29) is 11.4 Å². The summed E-state index contributed by atoms with van der Waals surface area (Å²) < 4.78 is 62.4. The molecule has 0 amide bonds. The molecule has 0 spiro atoms. The molecule has 0 saturated carbocycles. The third-order valence-corrected chi connectivity index (χ3v) is 3.89. The summed E-state index contributed by atoms with van der Waals surface area (Å²) >= 11 is 0. The molecule has 0 atom stereocenters. The Kier molecular flexibility index (Phi) is 6.93. The van der Waals surface area contributed by atoms with Crippen LogP contribution in [0.3, 0.4) is 0 Å². The van der Waals surface area contributed by atoms with Gasteiger partial charge in [0.25, 0.3) is 0 Å². The number of hydrogen-bond donors (Lipinski definition) is 0. The standard InChI is InChI=1S/C14H12F2.C7H5F3O/c1-10-2-7-13(14(16)8-10)12-5-3-11(9-15)4-6-12;1-4-6(8)2-5(11-10)3-7(4)9/h2-8H,9H2,1H3;2-3H,1H3. The van der Waals surface area contributed by atoms with Crippen LogP contribution in [0.2, 0.25) is 0 Å². The number of hydrogen-bond acceptors (Lipinski definition) is 1. The molecule has 27 heavy (non-hydrogen) atoms. The maximum Gasteiger partial charge on any atom is 0.177 e. The zero-order chi connectivity index (χ0) is 20.0. The molecule has 3 aromatic carbocycles. The van der Waals surface area contributed by atoms with E-state index in [1.807, 2.05) is 13.0 Å². The van der Waals surface area contributed by atoms with Crippen LogP contribution in [0.5, 0.6) is 5.75 Å². The van der Waals surface area contributed by atoms with Crippen LogP contribution < -0.4 is 4.94 Å². The molecule has 0 aromatic heterocycles. The third kappa shape index (κ3) is 5.29. The SMILES string of the molecule is Cc1c(F)cc(OF)cc1F.Cc1ccc(-c2ccc(CF)cc2)c(F)c1. The summed E-state index contributed by atoms with van der Waals surface area (Å²) in [5, 5.41) is 0. The molecule has 0 radical (unpaired) electrons. The second-order valence-electron chi connectivity index (χ2n) is 5.90. The molecule has 0 saturated heterocycles. The lowest BCUT2D eigenvalue weighted by Gasteiger charge is -2.05. The summed E-state index contributed by atoms with van der Waals surface area (Å²) in [4.78, 5) is 3.15. The van der Waals surface area contributed by atoms with Crippen molar-refractivity contribution in [1.82, 2.24) is 0 Å². The first-order chi connectivity index (χ1) is 12.8. The number of benzene rings is 3. The van der Waals surface area contributed by atoms with Gasteiger partial charge in [0, 0.05) is 27.8 Å². The van der Waals surface area contributed by atoms with Gasteiger partial charge in [-0.25, -0.2) is 17.6 Å². The van der Waals surface area contributed by atoms with E-state index in [1.165, 1.54) is 13.0 Å². The average molecular weight is 380 g/mol. The lowest BCUT2D eigenvalue weighted by atomic mass is 10.0. The summed E-state index contributed by atoms with van der Waals surface area (Å²) in [6, 6.07) is 13.5. The van der Waals surface area contributed by atoms with Crippen LogP contribution in [0.4, 0.5) is 22.1 Å². The van der Waals surface area contributed by atoms with Gasteiger partial charge in [-0.2, -0.15) is 0 Å². The molecule has 142 valence electrons. The Morgan fingerprint density at radius 1 is 0.778 bits per heavy atom. The van der Waals surface area contributed by atoms with Crippen molar-refractivity contribution < 1.29 is 27.0 Å². The number of aryl methyl sites for hydroxylation is 1. The van der Waals surface area contributed by atoms with Gasteiger partial charge in [-0.1, -0.05) is 36.4 Å². The van der Waals surface area contributed by atoms with Gasteiger partial charge < -0.3 is 0 Å². The van der Waals surface area contributed by atoms with Crippen molar-refractivity contribution in [3.63, 3.8) is 0 Å². The highest BCUT2D eigenvalue weighted by Gasteiger charge is 2.07. The predicted octanol–water partition coefficient (Wildman–Crippen LogP) is 6.81. The zero-order valence-corrected chi connectivity index (χ0v) is 14.7. The lowest BCUT2D eigenvalue weighted by Crippen LogP contribution is -1.89. The van der Waals surface area contributed by atoms with Gasteiger partial charge in [0.05, 0.1) is 0 Å². The summed E-state index contributed by atoms with van der Waals surface area (Å²) in [6.07, 6.45) is 0. The minimum atomic E-state index is -0.822. The van der Waals surface area contributed by atoms with Crippen LogP contribution in [0.25, 0.3) is 11.1 Å². The van der Waals surface area contributed by atoms with E-state index in [0.717, 1.165) is 23.3 Å². The van der Waals surface area contributed by atoms with E-state index in [2.05, 4.69) is 4.94 Å². The van der Waals surface area contributed by atoms with Crippen molar-refractivity contribution in [3.05, 3.63) is 88.7 Å². The number of alkyl halides is 1. The maximum atomic E-state index is 13.6. The summed E-state index contributed by atoms with van der Waals surface area (Å²) in [7, 11) is 0. The van der Waals surface area contributed by atoms with Crippen LogP contribution >= 0.6 is 0 Å². The van der Waals surface area contributed by atoms with Crippen LogP contribution in [-0.4, -0.2) is 0 Å². The Labute approximate surface area is 153 Å². The Morgan fingerprint density at radius 2 is 1.37 bits per heavy atom. The molecule has 3 rings (SSSR count). The number of rotatable bonds is 3. The molecule has 0 fully saturated rings. The number of halogens is 5. The van der Waals surface area contributed by atoms with E-state index in [0.29, 0.717) is 11.1 Å². The van der Waals surface area contributed by atoms with Crippen molar-refractivity contribution in [3.8, 4) is 16.9 Å². The van der Waals surface area contributed by atoms with Gasteiger partial charge in [-0.15, -0.1) is 0 Å². The van der Waals surface area contributed by atoms with Gasteiger partial charge >= 0.3 is 0 Å². The Hall–Kier alpha value is -2.89. The predicted molar refractivity (Wildman–Crippen MR) is 94.2 cm³/mol. The fourth-order valence-electron chi connectivity index (χ4n) is 2.29. The van der Waals surface area contributed by atoms with E-state index in [4.69, 9.17) is 0 Å². The molecule has 0 unspecified atom stereocenters. The summed E-state index contributed by atoms with van der Waals surface area (Å²) in [5.74, 6) is -2.35. The monoisotopic (exact) mass is 380 g/mol. The first-order valence-corrected chi connectivity index (χ1v) is 8.01. The highest BCUT2D eigenvalue weighted by Crippen LogP contribution is 2.24. The third-order valence-electron chi connectivity index (χ3n) is 3.89.